The van der Waals surface area contributed by atoms with Gasteiger partial charge in [0.2, 0.25) is 0 Å². The number of hydrogen-bond donors (Lipinski definition) is 3. The van der Waals surface area contributed by atoms with Crippen molar-refractivity contribution in [2.75, 3.05) is 46.8 Å². The summed E-state index contributed by atoms with van der Waals surface area (Å²) in [5, 5.41) is 44.3. The van der Waals surface area contributed by atoms with Crippen LogP contribution in [0.1, 0.15) is 22.3 Å². The van der Waals surface area contributed by atoms with Crippen molar-refractivity contribution < 1.29 is 34.3 Å². The van der Waals surface area contributed by atoms with Gasteiger partial charge in [-0.05, 0) is 35.4 Å². The van der Waals surface area contributed by atoms with Gasteiger partial charge in [0.05, 0.1) is 71.2 Å². The van der Waals surface area contributed by atoms with Crippen LogP contribution in [0, 0.1) is 22.7 Å². The van der Waals surface area contributed by atoms with Gasteiger partial charge in [0.25, 0.3) is 0 Å². The van der Waals surface area contributed by atoms with E-state index in [2.05, 4.69) is 6.07 Å². The van der Waals surface area contributed by atoms with Gasteiger partial charge in [0.15, 0.2) is 0 Å². The number of nitrogens with zero attached hydrogens (tertiary/aromatic N) is 2. The monoisotopic (exact) mass is 472 g/mol. The summed E-state index contributed by atoms with van der Waals surface area (Å²) < 4.78 is 21.1. The first-order valence-corrected chi connectivity index (χ1v) is 10.7. The third kappa shape index (κ3) is 11.6. The van der Waals surface area contributed by atoms with Gasteiger partial charge in [-0.3, -0.25) is 0 Å². The Hall–Kier alpha value is -3.18. The standard InChI is InChI=1S/C16H23NO5.C9H9NO2/c1-19-6-7-20-8-9-21-10-11-22-16-3-2-14(4-5-17)12-15(16)13-18;10-4-3-7-1-2-9(12)8(5-7)6-11/h2-3,12,18H,4,6-11,13H2,1H3;1-2,5,11-12H,3,6H2. The number of nitriles is 2. The van der Waals surface area contributed by atoms with Gasteiger partial charge in [0, 0.05) is 18.2 Å². The lowest BCUT2D eigenvalue weighted by atomic mass is 10.1. The number of phenols is 1. The lowest BCUT2D eigenvalue weighted by Gasteiger charge is -2.11. The average Bonchev–Trinajstić information content (AvgIpc) is 2.85. The van der Waals surface area contributed by atoms with Crippen LogP contribution >= 0.6 is 0 Å². The fourth-order valence-corrected chi connectivity index (χ4v) is 2.74. The molecule has 2 rings (SSSR count). The minimum absolute atomic E-state index is 0.0687. The molecule has 0 aliphatic carbocycles. The molecule has 0 unspecified atom stereocenters. The fraction of sp³-hybridized carbons (Fsp3) is 0.440. The van der Waals surface area contributed by atoms with E-state index in [4.69, 9.17) is 39.7 Å². The minimum atomic E-state index is -0.203. The Morgan fingerprint density at radius 3 is 1.82 bits per heavy atom. The number of benzene rings is 2. The highest BCUT2D eigenvalue weighted by atomic mass is 16.6. The molecule has 0 aliphatic heterocycles. The number of ether oxygens (including phenoxy) is 4. The van der Waals surface area contributed by atoms with Crippen LogP contribution in [0.2, 0.25) is 0 Å². The number of hydrogen-bond acceptors (Lipinski definition) is 9. The van der Waals surface area contributed by atoms with E-state index in [1.54, 1.807) is 31.4 Å². The zero-order valence-corrected chi connectivity index (χ0v) is 19.4. The van der Waals surface area contributed by atoms with Crippen LogP contribution in [0.5, 0.6) is 11.5 Å². The highest BCUT2D eigenvalue weighted by Crippen LogP contribution is 2.20. The molecule has 9 nitrogen and oxygen atoms in total. The molecule has 2 aromatic rings. The Labute approximate surface area is 200 Å². The summed E-state index contributed by atoms with van der Waals surface area (Å²) in [7, 11) is 1.63. The predicted molar refractivity (Wildman–Crippen MR) is 124 cm³/mol. The number of rotatable bonds is 14. The van der Waals surface area contributed by atoms with Gasteiger partial charge in [0.1, 0.15) is 18.1 Å². The Bertz CT molecular complexity index is 922. The third-order valence-corrected chi connectivity index (χ3v) is 4.46. The predicted octanol–water partition coefficient (Wildman–Crippen LogP) is 2.25. The van der Waals surface area contributed by atoms with E-state index in [1.165, 1.54) is 6.07 Å². The maximum absolute atomic E-state index is 9.33. The number of methoxy groups -OCH3 is 1. The van der Waals surface area contributed by atoms with Crippen LogP contribution in [-0.2, 0) is 40.3 Å². The summed E-state index contributed by atoms with van der Waals surface area (Å²) in [6.07, 6.45) is 0.618. The summed E-state index contributed by atoms with van der Waals surface area (Å²) in [4.78, 5) is 0. The molecule has 0 fully saturated rings. The SMILES string of the molecule is COCCOCCOCCOc1ccc(CC#N)cc1CO.N#CCc1ccc(O)c(CO)c1. The molecule has 3 N–H and O–H groups in total. The van der Waals surface area contributed by atoms with E-state index >= 15 is 0 Å². The number of aliphatic hydroxyl groups is 2. The highest BCUT2D eigenvalue weighted by molar-refractivity contribution is 5.38. The highest BCUT2D eigenvalue weighted by Gasteiger charge is 2.05. The second-order valence-electron chi connectivity index (χ2n) is 6.96. The Balaban J connectivity index is 0.000000404. The molecule has 0 aromatic heterocycles. The van der Waals surface area contributed by atoms with Crippen molar-refractivity contribution in [2.45, 2.75) is 26.1 Å². The van der Waals surface area contributed by atoms with Crippen LogP contribution in [0.4, 0.5) is 0 Å². The lowest BCUT2D eigenvalue weighted by Crippen LogP contribution is -2.12. The van der Waals surface area contributed by atoms with Crippen molar-refractivity contribution in [3.8, 4) is 23.6 Å². The molecule has 0 bridgehead atoms. The van der Waals surface area contributed by atoms with E-state index in [0.717, 1.165) is 11.1 Å². The van der Waals surface area contributed by atoms with Crippen molar-refractivity contribution in [1.82, 2.24) is 0 Å². The second kappa shape index (κ2) is 18.3. The van der Waals surface area contributed by atoms with Gasteiger partial charge in [-0.2, -0.15) is 10.5 Å². The van der Waals surface area contributed by atoms with E-state index in [-0.39, 0.29) is 19.0 Å². The lowest BCUT2D eigenvalue weighted by molar-refractivity contribution is 0.0178. The van der Waals surface area contributed by atoms with Crippen LogP contribution in [-0.4, -0.2) is 62.1 Å². The van der Waals surface area contributed by atoms with Gasteiger partial charge >= 0.3 is 0 Å². The first kappa shape index (κ1) is 28.9. The largest absolute Gasteiger partial charge is 0.508 e. The van der Waals surface area contributed by atoms with Crippen LogP contribution in [0.15, 0.2) is 36.4 Å². The third-order valence-electron chi connectivity index (χ3n) is 4.46. The van der Waals surface area contributed by atoms with Gasteiger partial charge < -0.3 is 34.3 Å². The first-order valence-electron chi connectivity index (χ1n) is 10.7. The van der Waals surface area contributed by atoms with Crippen molar-refractivity contribution in [3.63, 3.8) is 0 Å². The molecule has 0 amide bonds. The van der Waals surface area contributed by atoms with Gasteiger partial charge in [-0.25, -0.2) is 0 Å². The molecule has 0 aliphatic rings. The normalized spacial score (nSPS) is 10.0. The van der Waals surface area contributed by atoms with Gasteiger partial charge in [-0.15, -0.1) is 0 Å². The first-order chi connectivity index (χ1) is 16.6. The Kier molecular flexibility index (Phi) is 15.5. The van der Waals surface area contributed by atoms with Crippen LogP contribution in [0.25, 0.3) is 0 Å². The summed E-state index contributed by atoms with van der Waals surface area (Å²) >= 11 is 0. The second-order valence-corrected chi connectivity index (χ2v) is 6.96. The van der Waals surface area contributed by atoms with E-state index in [1.807, 2.05) is 12.1 Å². The number of aromatic hydroxyl groups is 1. The van der Waals surface area contributed by atoms with E-state index in [0.29, 0.717) is 69.4 Å². The zero-order chi connectivity index (χ0) is 25.0. The molecule has 0 spiro atoms. The molecule has 0 saturated carbocycles. The Morgan fingerprint density at radius 2 is 1.26 bits per heavy atom. The fourth-order valence-electron chi connectivity index (χ4n) is 2.74. The molecule has 0 heterocycles. The number of aliphatic hydroxyl groups excluding tert-OH is 2. The summed E-state index contributed by atoms with van der Waals surface area (Å²) in [5.74, 6) is 0.684. The molecule has 184 valence electrons. The molecule has 2 aromatic carbocycles. The molecule has 0 atom stereocenters. The zero-order valence-electron chi connectivity index (χ0n) is 19.4. The molecule has 34 heavy (non-hydrogen) atoms. The van der Waals surface area contributed by atoms with E-state index < -0.39 is 0 Å². The quantitative estimate of drug-likeness (QED) is 0.352. The maximum atomic E-state index is 9.33. The summed E-state index contributed by atoms with van der Waals surface area (Å²) in [6.45, 7) is 2.67. The van der Waals surface area contributed by atoms with Crippen molar-refractivity contribution in [2.24, 2.45) is 0 Å². The molecular weight excluding hydrogens is 440 g/mol. The average molecular weight is 473 g/mol. The smallest absolute Gasteiger partial charge is 0.124 e. The minimum Gasteiger partial charge on any atom is -0.508 e. The van der Waals surface area contributed by atoms with Crippen LogP contribution < -0.4 is 4.74 Å². The summed E-state index contributed by atoms with van der Waals surface area (Å²) in [6, 6.07) is 14.2. The topological polar surface area (TPSA) is 145 Å². The van der Waals surface area contributed by atoms with Gasteiger partial charge in [-0.1, -0.05) is 12.1 Å². The molecule has 0 radical (unpaired) electrons. The molecule has 9 heteroatoms. The van der Waals surface area contributed by atoms with Crippen LogP contribution in [0.3, 0.4) is 0 Å². The summed E-state index contributed by atoms with van der Waals surface area (Å²) in [5.41, 5.74) is 2.81. The van der Waals surface area contributed by atoms with Crippen molar-refractivity contribution >= 4 is 0 Å². The van der Waals surface area contributed by atoms with Crippen molar-refractivity contribution in [1.29, 1.82) is 10.5 Å². The van der Waals surface area contributed by atoms with E-state index in [9.17, 15) is 5.11 Å². The Morgan fingerprint density at radius 1 is 0.735 bits per heavy atom. The van der Waals surface area contributed by atoms with Crippen molar-refractivity contribution in [3.05, 3.63) is 58.7 Å². The molecule has 0 saturated heterocycles. The molecular formula is C25H32N2O7. The maximum Gasteiger partial charge on any atom is 0.124 e.